The van der Waals surface area contributed by atoms with Gasteiger partial charge in [0.25, 0.3) is 0 Å². The van der Waals surface area contributed by atoms with Crippen molar-refractivity contribution in [3.8, 4) is 0 Å². The van der Waals surface area contributed by atoms with E-state index < -0.39 is 5.41 Å². The smallest absolute Gasteiger partial charge is 0.232 e. The van der Waals surface area contributed by atoms with E-state index in [9.17, 15) is 9.59 Å². The van der Waals surface area contributed by atoms with Crippen molar-refractivity contribution in [2.75, 3.05) is 26.2 Å². The molecule has 3 rings (SSSR count). The summed E-state index contributed by atoms with van der Waals surface area (Å²) >= 11 is 0. The van der Waals surface area contributed by atoms with Crippen LogP contribution >= 0.6 is 0 Å². The van der Waals surface area contributed by atoms with Crippen LogP contribution in [0.25, 0.3) is 0 Å². The minimum absolute atomic E-state index is 0.110. The Balaban J connectivity index is 1.45. The van der Waals surface area contributed by atoms with Crippen LogP contribution in [0.15, 0.2) is 34.9 Å². The molecule has 7 nitrogen and oxygen atoms in total. The number of aromatic nitrogens is 2. The second-order valence-corrected chi connectivity index (χ2v) is 7.98. The third kappa shape index (κ3) is 5.02. The number of hydrogen-bond acceptors (Lipinski definition) is 5. The molecule has 2 heterocycles. The van der Waals surface area contributed by atoms with E-state index in [2.05, 4.69) is 10.1 Å². The highest BCUT2D eigenvalue weighted by molar-refractivity contribution is 5.87. The van der Waals surface area contributed by atoms with Crippen molar-refractivity contribution in [2.24, 2.45) is 0 Å². The van der Waals surface area contributed by atoms with Crippen molar-refractivity contribution in [2.45, 2.75) is 51.9 Å². The van der Waals surface area contributed by atoms with Crippen molar-refractivity contribution < 1.29 is 14.1 Å². The van der Waals surface area contributed by atoms with E-state index in [-0.39, 0.29) is 11.8 Å². The molecule has 2 aromatic rings. The average molecular weight is 399 g/mol. The van der Waals surface area contributed by atoms with E-state index in [1.807, 2.05) is 60.9 Å². The molecule has 1 aliphatic heterocycles. The molecule has 29 heavy (non-hydrogen) atoms. The van der Waals surface area contributed by atoms with Gasteiger partial charge in [-0.2, -0.15) is 4.98 Å². The first-order chi connectivity index (χ1) is 13.9. The SMILES string of the molecule is CCc1noc(CCCC(=O)N2CCN(C(=O)C(C)(C)c3ccccc3)CC2)n1. The number of aryl methyl sites for hydroxylation is 2. The molecule has 1 aliphatic rings. The summed E-state index contributed by atoms with van der Waals surface area (Å²) in [5, 5.41) is 3.87. The van der Waals surface area contributed by atoms with Gasteiger partial charge in [-0.15, -0.1) is 0 Å². The maximum Gasteiger partial charge on any atom is 0.232 e. The summed E-state index contributed by atoms with van der Waals surface area (Å²) < 4.78 is 5.16. The first-order valence-corrected chi connectivity index (χ1v) is 10.4. The van der Waals surface area contributed by atoms with Gasteiger partial charge >= 0.3 is 0 Å². The van der Waals surface area contributed by atoms with Gasteiger partial charge in [0.2, 0.25) is 17.7 Å². The fourth-order valence-corrected chi connectivity index (χ4v) is 3.62. The van der Waals surface area contributed by atoms with Crippen molar-refractivity contribution in [1.29, 1.82) is 0 Å². The van der Waals surface area contributed by atoms with Crippen LogP contribution in [0.3, 0.4) is 0 Å². The van der Waals surface area contributed by atoms with E-state index in [4.69, 9.17) is 4.52 Å². The van der Waals surface area contributed by atoms with Gasteiger partial charge in [-0.3, -0.25) is 9.59 Å². The Morgan fingerprint density at radius 1 is 1.07 bits per heavy atom. The number of piperazine rings is 1. The van der Waals surface area contributed by atoms with Crippen LogP contribution in [0.4, 0.5) is 0 Å². The van der Waals surface area contributed by atoms with E-state index in [1.165, 1.54) is 0 Å². The minimum Gasteiger partial charge on any atom is -0.339 e. The molecule has 2 amide bonds. The van der Waals surface area contributed by atoms with Crippen LogP contribution in [0.1, 0.15) is 50.9 Å². The van der Waals surface area contributed by atoms with Gasteiger partial charge in [0.05, 0.1) is 5.41 Å². The third-order valence-corrected chi connectivity index (χ3v) is 5.56. The van der Waals surface area contributed by atoms with Crippen LogP contribution in [0, 0.1) is 0 Å². The molecule has 0 N–H and O–H groups in total. The molecule has 1 aromatic heterocycles. The normalized spacial score (nSPS) is 14.9. The zero-order valence-electron chi connectivity index (χ0n) is 17.6. The maximum atomic E-state index is 13.1. The second kappa shape index (κ2) is 9.20. The van der Waals surface area contributed by atoms with Crippen LogP contribution in [-0.4, -0.2) is 57.9 Å². The van der Waals surface area contributed by atoms with Crippen LogP contribution in [-0.2, 0) is 27.8 Å². The Labute approximate surface area is 172 Å². The van der Waals surface area contributed by atoms with Gasteiger partial charge in [0.15, 0.2) is 5.82 Å². The molecule has 0 unspecified atom stereocenters. The Bertz CT molecular complexity index is 824. The van der Waals surface area contributed by atoms with Gasteiger partial charge < -0.3 is 14.3 Å². The summed E-state index contributed by atoms with van der Waals surface area (Å²) in [6, 6.07) is 9.85. The summed E-state index contributed by atoms with van der Waals surface area (Å²) in [6.45, 7) is 8.21. The van der Waals surface area contributed by atoms with Crippen molar-refractivity contribution in [3.05, 3.63) is 47.6 Å². The van der Waals surface area contributed by atoms with E-state index in [0.717, 1.165) is 12.0 Å². The van der Waals surface area contributed by atoms with E-state index in [1.54, 1.807) is 0 Å². The molecule has 156 valence electrons. The van der Waals surface area contributed by atoms with E-state index in [0.29, 0.717) is 57.2 Å². The molecule has 7 heteroatoms. The average Bonchev–Trinajstić information content (AvgIpc) is 3.22. The highest BCUT2D eigenvalue weighted by Gasteiger charge is 2.35. The highest BCUT2D eigenvalue weighted by Crippen LogP contribution is 2.26. The molecule has 0 radical (unpaired) electrons. The zero-order valence-corrected chi connectivity index (χ0v) is 17.6. The number of benzene rings is 1. The number of carbonyl (C=O) groups excluding carboxylic acids is 2. The first-order valence-electron chi connectivity index (χ1n) is 10.4. The first kappa shape index (κ1) is 21.0. The third-order valence-electron chi connectivity index (χ3n) is 5.56. The van der Waals surface area contributed by atoms with Crippen molar-refractivity contribution >= 4 is 11.8 Å². The molecule has 0 saturated carbocycles. The highest BCUT2D eigenvalue weighted by atomic mass is 16.5. The van der Waals surface area contributed by atoms with E-state index >= 15 is 0 Å². The topological polar surface area (TPSA) is 79.5 Å². The van der Waals surface area contributed by atoms with Crippen LogP contribution in [0.5, 0.6) is 0 Å². The lowest BCUT2D eigenvalue weighted by Gasteiger charge is -2.38. The Kier molecular flexibility index (Phi) is 6.67. The fourth-order valence-electron chi connectivity index (χ4n) is 3.62. The van der Waals surface area contributed by atoms with Gasteiger partial charge in [0.1, 0.15) is 0 Å². The molecule has 1 saturated heterocycles. The largest absolute Gasteiger partial charge is 0.339 e. The number of hydrogen-bond donors (Lipinski definition) is 0. The molecule has 0 spiro atoms. The summed E-state index contributed by atoms with van der Waals surface area (Å²) in [5.74, 6) is 1.52. The molecule has 1 aromatic carbocycles. The molecule has 0 aliphatic carbocycles. The molecular weight excluding hydrogens is 368 g/mol. The number of amides is 2. The zero-order chi connectivity index (χ0) is 20.9. The Morgan fingerprint density at radius 2 is 1.72 bits per heavy atom. The molecule has 1 fully saturated rings. The Hall–Kier alpha value is -2.70. The molecule has 0 atom stereocenters. The quantitative estimate of drug-likeness (QED) is 0.716. The fraction of sp³-hybridized carbons (Fsp3) is 0.545. The lowest BCUT2D eigenvalue weighted by atomic mass is 9.83. The number of carbonyl (C=O) groups is 2. The van der Waals surface area contributed by atoms with Crippen molar-refractivity contribution in [3.63, 3.8) is 0 Å². The maximum absolute atomic E-state index is 13.1. The van der Waals surface area contributed by atoms with Gasteiger partial charge in [-0.25, -0.2) is 0 Å². The Morgan fingerprint density at radius 3 is 2.34 bits per heavy atom. The summed E-state index contributed by atoms with van der Waals surface area (Å²) in [4.78, 5) is 33.5. The predicted molar refractivity (Wildman–Crippen MR) is 109 cm³/mol. The number of rotatable bonds is 7. The van der Waals surface area contributed by atoms with Gasteiger partial charge in [-0.1, -0.05) is 42.4 Å². The second-order valence-electron chi connectivity index (χ2n) is 7.98. The van der Waals surface area contributed by atoms with Crippen molar-refractivity contribution in [1.82, 2.24) is 19.9 Å². The summed E-state index contributed by atoms with van der Waals surface area (Å²) in [7, 11) is 0. The minimum atomic E-state index is -0.575. The summed E-state index contributed by atoms with van der Waals surface area (Å²) in [5.41, 5.74) is 0.435. The van der Waals surface area contributed by atoms with Gasteiger partial charge in [-0.05, 0) is 25.8 Å². The predicted octanol–water partition coefficient (Wildman–Crippen LogP) is 2.60. The lowest BCUT2D eigenvalue weighted by Crippen LogP contribution is -2.54. The standard InChI is InChI=1S/C22H30N4O3/c1-4-18-23-19(29-24-18)11-8-12-20(27)25-13-15-26(16-14-25)21(28)22(2,3)17-9-6-5-7-10-17/h5-7,9-10H,4,8,11-16H2,1-3H3. The number of nitrogens with zero attached hydrogens (tertiary/aromatic N) is 4. The summed E-state index contributed by atoms with van der Waals surface area (Å²) in [6.07, 6.45) is 2.49. The van der Waals surface area contributed by atoms with Crippen LogP contribution < -0.4 is 0 Å². The van der Waals surface area contributed by atoms with Gasteiger partial charge in [0, 0.05) is 45.4 Å². The van der Waals surface area contributed by atoms with Crippen LogP contribution in [0.2, 0.25) is 0 Å². The monoisotopic (exact) mass is 398 g/mol. The lowest BCUT2D eigenvalue weighted by molar-refractivity contribution is -0.142. The molecular formula is C22H30N4O3. The molecule has 0 bridgehead atoms.